The van der Waals surface area contributed by atoms with Crippen molar-refractivity contribution in [2.24, 2.45) is 0 Å². The van der Waals surface area contributed by atoms with Gasteiger partial charge in [0, 0.05) is 37.6 Å². The molecule has 0 amide bonds. The third-order valence-electron chi connectivity index (χ3n) is 4.59. The Labute approximate surface area is 116 Å². The fourth-order valence-corrected chi connectivity index (χ4v) is 3.33. The van der Waals surface area contributed by atoms with E-state index in [0.717, 1.165) is 6.54 Å². The van der Waals surface area contributed by atoms with Crippen LogP contribution < -0.4 is 10.2 Å². The minimum atomic E-state index is 0.653. The van der Waals surface area contributed by atoms with Crippen LogP contribution in [0.15, 0.2) is 18.2 Å². The van der Waals surface area contributed by atoms with Gasteiger partial charge in [-0.1, -0.05) is 6.07 Å². The lowest BCUT2D eigenvalue weighted by Crippen LogP contribution is -2.45. The van der Waals surface area contributed by atoms with E-state index in [9.17, 15) is 0 Å². The van der Waals surface area contributed by atoms with Crippen molar-refractivity contribution >= 4 is 11.4 Å². The average Bonchev–Trinajstić information content (AvgIpc) is 2.46. The Morgan fingerprint density at radius 3 is 3.05 bits per heavy atom. The van der Waals surface area contributed by atoms with Crippen LogP contribution in [-0.2, 0) is 6.42 Å². The Morgan fingerprint density at radius 1 is 1.32 bits per heavy atom. The predicted molar refractivity (Wildman–Crippen MR) is 82.2 cm³/mol. The van der Waals surface area contributed by atoms with Crippen molar-refractivity contribution in [3.8, 4) is 0 Å². The summed E-state index contributed by atoms with van der Waals surface area (Å²) in [4.78, 5) is 4.91. The summed E-state index contributed by atoms with van der Waals surface area (Å²) < 4.78 is 0. The molecule has 2 heterocycles. The molecule has 0 saturated carbocycles. The van der Waals surface area contributed by atoms with Crippen molar-refractivity contribution < 1.29 is 0 Å². The van der Waals surface area contributed by atoms with Gasteiger partial charge in [0.1, 0.15) is 0 Å². The lowest BCUT2D eigenvalue weighted by atomic mass is 10.0. The summed E-state index contributed by atoms with van der Waals surface area (Å²) in [7, 11) is 4.47. The van der Waals surface area contributed by atoms with Crippen molar-refractivity contribution in [3.05, 3.63) is 23.8 Å². The Hall–Kier alpha value is -1.22. The molecular formula is C16H25N3. The minimum Gasteiger partial charge on any atom is -0.385 e. The normalized spacial score (nSPS) is 23.6. The van der Waals surface area contributed by atoms with Gasteiger partial charge in [-0.3, -0.25) is 0 Å². The smallest absolute Gasteiger partial charge is 0.0414 e. The summed E-state index contributed by atoms with van der Waals surface area (Å²) in [6.07, 6.45) is 5.11. The summed E-state index contributed by atoms with van der Waals surface area (Å²) in [5.41, 5.74) is 4.18. The molecule has 2 aliphatic heterocycles. The Bertz CT molecular complexity index is 444. The van der Waals surface area contributed by atoms with Crippen LogP contribution in [-0.4, -0.2) is 44.7 Å². The molecule has 1 aromatic carbocycles. The molecule has 0 radical (unpaired) electrons. The Kier molecular flexibility index (Phi) is 3.65. The highest BCUT2D eigenvalue weighted by Gasteiger charge is 2.22. The predicted octanol–water partition coefficient (Wildman–Crippen LogP) is 2.58. The van der Waals surface area contributed by atoms with Crippen molar-refractivity contribution in [2.75, 3.05) is 43.9 Å². The number of nitrogens with one attached hydrogen (secondary N) is 1. The van der Waals surface area contributed by atoms with Crippen LogP contribution in [0.1, 0.15) is 24.8 Å². The highest BCUT2D eigenvalue weighted by Crippen LogP contribution is 2.29. The molecular weight excluding hydrogens is 234 g/mol. The zero-order chi connectivity index (χ0) is 13.2. The van der Waals surface area contributed by atoms with E-state index >= 15 is 0 Å². The van der Waals surface area contributed by atoms with Crippen LogP contribution in [0, 0.1) is 0 Å². The third-order valence-corrected chi connectivity index (χ3v) is 4.59. The SMILES string of the molecule is CN1CCCC(N(C)c2ccc3c(c2)NCCC3)C1. The summed E-state index contributed by atoms with van der Waals surface area (Å²) in [6.45, 7) is 3.55. The molecule has 0 aliphatic carbocycles. The van der Waals surface area contributed by atoms with E-state index in [1.54, 1.807) is 0 Å². The van der Waals surface area contributed by atoms with Crippen LogP contribution in [0.5, 0.6) is 0 Å². The van der Waals surface area contributed by atoms with Gasteiger partial charge in [0.15, 0.2) is 0 Å². The van der Waals surface area contributed by atoms with Gasteiger partial charge in [-0.25, -0.2) is 0 Å². The van der Waals surface area contributed by atoms with E-state index < -0.39 is 0 Å². The molecule has 19 heavy (non-hydrogen) atoms. The Balaban J connectivity index is 1.77. The fourth-order valence-electron chi connectivity index (χ4n) is 3.33. The highest BCUT2D eigenvalue weighted by atomic mass is 15.2. The molecule has 1 N–H and O–H groups in total. The number of benzene rings is 1. The van der Waals surface area contributed by atoms with E-state index in [-0.39, 0.29) is 0 Å². The van der Waals surface area contributed by atoms with E-state index in [2.05, 4.69) is 47.4 Å². The van der Waals surface area contributed by atoms with Crippen LogP contribution in [0.4, 0.5) is 11.4 Å². The molecule has 2 aliphatic rings. The Morgan fingerprint density at radius 2 is 2.21 bits per heavy atom. The number of rotatable bonds is 2. The first-order valence-corrected chi connectivity index (χ1v) is 7.52. The van der Waals surface area contributed by atoms with Gasteiger partial charge in [-0.05, 0) is 57.0 Å². The minimum absolute atomic E-state index is 0.653. The molecule has 0 bridgehead atoms. The topological polar surface area (TPSA) is 18.5 Å². The van der Waals surface area contributed by atoms with Gasteiger partial charge in [0.05, 0.1) is 0 Å². The molecule has 1 fully saturated rings. The molecule has 1 atom stereocenters. The average molecular weight is 259 g/mol. The zero-order valence-corrected chi connectivity index (χ0v) is 12.2. The molecule has 1 saturated heterocycles. The van der Waals surface area contributed by atoms with Crippen molar-refractivity contribution in [2.45, 2.75) is 31.7 Å². The number of likely N-dealkylation sites (tertiary alicyclic amines) is 1. The number of nitrogens with zero attached hydrogens (tertiary/aromatic N) is 2. The second-order valence-corrected chi connectivity index (χ2v) is 6.04. The second kappa shape index (κ2) is 5.41. The highest BCUT2D eigenvalue weighted by molar-refractivity contribution is 5.63. The lowest BCUT2D eigenvalue weighted by molar-refractivity contribution is 0.248. The standard InChI is InChI=1S/C16H25N3/c1-18-10-4-6-15(12-18)19(2)14-8-7-13-5-3-9-17-16(13)11-14/h7-8,11,15,17H,3-6,9-10,12H2,1-2H3. The van der Waals surface area contributed by atoms with Gasteiger partial charge in [0.2, 0.25) is 0 Å². The largest absolute Gasteiger partial charge is 0.385 e. The van der Waals surface area contributed by atoms with Gasteiger partial charge in [0.25, 0.3) is 0 Å². The van der Waals surface area contributed by atoms with Gasteiger partial charge in [-0.15, -0.1) is 0 Å². The van der Waals surface area contributed by atoms with Crippen molar-refractivity contribution in [3.63, 3.8) is 0 Å². The van der Waals surface area contributed by atoms with E-state index in [4.69, 9.17) is 0 Å². The van der Waals surface area contributed by atoms with Crippen LogP contribution in [0.2, 0.25) is 0 Å². The number of piperidine rings is 1. The fraction of sp³-hybridized carbons (Fsp3) is 0.625. The molecule has 3 rings (SSSR count). The summed E-state index contributed by atoms with van der Waals surface area (Å²) in [5.74, 6) is 0. The molecule has 104 valence electrons. The van der Waals surface area contributed by atoms with Crippen molar-refractivity contribution in [1.82, 2.24) is 4.90 Å². The monoisotopic (exact) mass is 259 g/mol. The van der Waals surface area contributed by atoms with Gasteiger partial charge < -0.3 is 15.1 Å². The first kappa shape index (κ1) is 12.8. The zero-order valence-electron chi connectivity index (χ0n) is 12.2. The number of hydrogen-bond acceptors (Lipinski definition) is 3. The first-order chi connectivity index (χ1) is 9.24. The van der Waals surface area contributed by atoms with Crippen LogP contribution in [0.25, 0.3) is 0 Å². The van der Waals surface area contributed by atoms with Crippen LogP contribution >= 0.6 is 0 Å². The number of anilines is 2. The molecule has 3 nitrogen and oxygen atoms in total. The maximum absolute atomic E-state index is 3.53. The second-order valence-electron chi connectivity index (χ2n) is 6.04. The van der Waals surface area contributed by atoms with Gasteiger partial charge in [-0.2, -0.15) is 0 Å². The third kappa shape index (κ3) is 2.71. The molecule has 3 heteroatoms. The first-order valence-electron chi connectivity index (χ1n) is 7.52. The number of aryl methyl sites for hydroxylation is 1. The number of fused-ring (bicyclic) bond motifs is 1. The maximum atomic E-state index is 3.53. The van der Waals surface area contributed by atoms with Crippen LogP contribution in [0.3, 0.4) is 0 Å². The number of likely N-dealkylation sites (N-methyl/N-ethyl adjacent to an activating group) is 2. The van der Waals surface area contributed by atoms with E-state index in [0.29, 0.717) is 6.04 Å². The number of hydrogen-bond donors (Lipinski definition) is 1. The van der Waals surface area contributed by atoms with Crippen molar-refractivity contribution in [1.29, 1.82) is 0 Å². The molecule has 1 unspecified atom stereocenters. The van der Waals surface area contributed by atoms with Gasteiger partial charge >= 0.3 is 0 Å². The molecule has 0 spiro atoms. The summed E-state index contributed by atoms with van der Waals surface area (Å²) in [6, 6.07) is 7.59. The molecule has 0 aromatic heterocycles. The molecule has 1 aromatic rings. The maximum Gasteiger partial charge on any atom is 0.0414 e. The summed E-state index contributed by atoms with van der Waals surface area (Å²) >= 11 is 0. The quantitative estimate of drug-likeness (QED) is 0.880. The summed E-state index contributed by atoms with van der Waals surface area (Å²) in [5, 5.41) is 3.53. The van der Waals surface area contributed by atoms with E-state index in [1.807, 2.05) is 0 Å². The van der Waals surface area contributed by atoms with E-state index in [1.165, 1.54) is 55.7 Å². The lowest BCUT2D eigenvalue weighted by Gasteiger charge is -2.37.